The van der Waals surface area contributed by atoms with Crippen molar-refractivity contribution in [3.8, 4) is 27.3 Å². The molecule has 5 amide bonds. The SMILES string of the molecule is Cc1ncsc1-c1ccc([C@H](C)NC(=O)[C@@H]2C[C@@H](O)CN2C(=O)[C@@H](NC(=O)COCCOCCOCCN(C)C(=O)CCNc2nc(N3CCN(C(=O)O)C(C(C)(C)C)C3)c3cc(Cl)c(-c4c(O)cccc4F)c(F)c3n2)C(C)(C)C)cc1. The Bertz CT molecular complexity index is 3100. The predicted octanol–water partition coefficient (Wildman–Crippen LogP) is 7.26. The van der Waals surface area contributed by atoms with Gasteiger partial charge in [-0.05, 0) is 54.0 Å². The number of aliphatic hydroxyl groups excluding tert-OH is 1. The number of phenols is 1. The van der Waals surface area contributed by atoms with E-state index >= 15 is 8.78 Å². The lowest BCUT2D eigenvalue weighted by molar-refractivity contribution is -0.144. The van der Waals surface area contributed by atoms with E-state index in [9.17, 15) is 39.3 Å². The van der Waals surface area contributed by atoms with Crippen LogP contribution in [0.2, 0.25) is 5.02 Å². The molecule has 25 heteroatoms. The van der Waals surface area contributed by atoms with E-state index in [2.05, 4.69) is 25.9 Å². The van der Waals surface area contributed by atoms with E-state index in [0.717, 1.165) is 27.8 Å². The number of hydrogen-bond acceptors (Lipinski definition) is 16. The maximum absolute atomic E-state index is 16.7. The van der Waals surface area contributed by atoms with Gasteiger partial charge in [-0.15, -0.1) is 11.3 Å². The van der Waals surface area contributed by atoms with Crippen LogP contribution in [0.5, 0.6) is 5.75 Å². The summed E-state index contributed by atoms with van der Waals surface area (Å²) in [5.74, 6) is -3.96. The number of phenolic OH excluding ortho intramolecular Hbond substituents is 1. The van der Waals surface area contributed by atoms with Gasteiger partial charge >= 0.3 is 6.09 Å². The average Bonchev–Trinajstić information content (AvgIpc) is 3.41. The Morgan fingerprint density at radius 1 is 0.904 bits per heavy atom. The molecule has 7 rings (SSSR count). The number of benzene rings is 3. The van der Waals surface area contributed by atoms with Crippen molar-refractivity contribution in [3.05, 3.63) is 82.0 Å². The molecular formula is C58H75ClF2N10O11S. The number of likely N-dealkylation sites (N-methyl/N-ethyl adjacent to an activating group) is 1. The molecule has 2 saturated heterocycles. The van der Waals surface area contributed by atoms with Crippen LogP contribution in [0.3, 0.4) is 0 Å². The molecule has 83 heavy (non-hydrogen) atoms. The van der Waals surface area contributed by atoms with Crippen molar-refractivity contribution < 1.29 is 62.3 Å². The summed E-state index contributed by atoms with van der Waals surface area (Å²) in [5, 5.41) is 40.0. The molecule has 2 aliphatic rings. The number of thiazole rings is 1. The van der Waals surface area contributed by atoms with Gasteiger partial charge in [0.05, 0.1) is 77.9 Å². The number of carboxylic acid groups (broad SMARTS) is 1. The zero-order valence-corrected chi connectivity index (χ0v) is 49.8. The fourth-order valence-electron chi connectivity index (χ4n) is 10.1. The van der Waals surface area contributed by atoms with Crippen LogP contribution in [-0.4, -0.2) is 185 Å². The van der Waals surface area contributed by atoms with Crippen molar-refractivity contribution in [1.29, 1.82) is 0 Å². The third-order valence-electron chi connectivity index (χ3n) is 14.7. The van der Waals surface area contributed by atoms with E-state index in [4.69, 9.17) is 30.8 Å². The number of fused-ring (bicyclic) bond motifs is 1. The number of anilines is 2. The lowest BCUT2D eigenvalue weighted by Crippen LogP contribution is -2.59. The average molecular weight is 1190 g/mol. The van der Waals surface area contributed by atoms with Crippen molar-refractivity contribution in [1.82, 2.24) is 40.3 Å². The maximum Gasteiger partial charge on any atom is 0.407 e. The molecule has 0 spiro atoms. The summed E-state index contributed by atoms with van der Waals surface area (Å²) in [6.07, 6.45) is -1.96. The van der Waals surface area contributed by atoms with Gasteiger partial charge in [-0.2, -0.15) is 4.98 Å². The van der Waals surface area contributed by atoms with Gasteiger partial charge < -0.3 is 65.1 Å². The number of carbonyl (C=O) groups excluding carboxylic acids is 4. The molecule has 5 aromatic rings. The third-order valence-corrected chi connectivity index (χ3v) is 16.0. The summed E-state index contributed by atoms with van der Waals surface area (Å²) < 4.78 is 48.7. The van der Waals surface area contributed by atoms with E-state index in [1.807, 2.05) is 63.8 Å². The van der Waals surface area contributed by atoms with Crippen molar-refractivity contribution in [2.75, 3.05) is 96.2 Å². The second kappa shape index (κ2) is 27.7. The first-order valence-electron chi connectivity index (χ1n) is 27.5. The van der Waals surface area contributed by atoms with Gasteiger partial charge in [0.2, 0.25) is 29.6 Å². The number of aromatic nitrogens is 3. The van der Waals surface area contributed by atoms with Crippen LogP contribution >= 0.6 is 22.9 Å². The number of nitrogens with one attached hydrogen (secondary N) is 3. The molecule has 2 fully saturated rings. The highest BCUT2D eigenvalue weighted by molar-refractivity contribution is 7.13. The van der Waals surface area contributed by atoms with E-state index in [1.165, 1.54) is 32.9 Å². The number of aromatic hydroxyl groups is 1. The molecule has 3 aromatic carbocycles. The van der Waals surface area contributed by atoms with E-state index in [1.54, 1.807) is 44.7 Å². The number of likely N-dealkylation sites (tertiary alicyclic amines) is 1. The number of β-amino-alcohol motifs (C(OH)–C–C–N with tert-alkyl or cyclic N) is 1. The van der Waals surface area contributed by atoms with Crippen molar-refractivity contribution in [2.45, 2.75) is 98.5 Å². The highest BCUT2D eigenvalue weighted by Gasteiger charge is 2.45. The first kappa shape index (κ1) is 63.7. The van der Waals surface area contributed by atoms with Gasteiger partial charge in [-0.1, -0.05) is 83.5 Å². The predicted molar refractivity (Wildman–Crippen MR) is 311 cm³/mol. The Morgan fingerprint density at radius 2 is 1.59 bits per heavy atom. The van der Waals surface area contributed by atoms with Crippen LogP contribution in [0.25, 0.3) is 32.5 Å². The lowest BCUT2D eigenvalue weighted by atomic mass is 9.84. The lowest BCUT2D eigenvalue weighted by Gasteiger charge is -2.46. The number of halogens is 3. The monoisotopic (exact) mass is 1190 g/mol. The van der Waals surface area contributed by atoms with Crippen LogP contribution < -0.4 is 20.9 Å². The largest absolute Gasteiger partial charge is 0.507 e. The summed E-state index contributed by atoms with van der Waals surface area (Å²) in [6.45, 7) is 16.1. The molecule has 5 atom stereocenters. The van der Waals surface area contributed by atoms with Crippen molar-refractivity contribution in [3.63, 3.8) is 0 Å². The van der Waals surface area contributed by atoms with Gasteiger partial charge in [0.1, 0.15) is 41.6 Å². The number of aryl methyl sites for hydroxylation is 1. The summed E-state index contributed by atoms with van der Waals surface area (Å²) in [5.41, 5.74) is 2.29. The number of amides is 5. The van der Waals surface area contributed by atoms with Crippen LogP contribution in [0.1, 0.15) is 78.6 Å². The normalized spacial score (nSPS) is 17.4. The van der Waals surface area contributed by atoms with Crippen LogP contribution in [0.15, 0.2) is 54.0 Å². The Balaban J connectivity index is 0.832. The second-order valence-corrected chi connectivity index (χ2v) is 24.2. The summed E-state index contributed by atoms with van der Waals surface area (Å²) in [7, 11) is 1.61. The van der Waals surface area contributed by atoms with Gasteiger partial charge in [-0.25, -0.2) is 23.5 Å². The Morgan fingerprint density at radius 3 is 2.23 bits per heavy atom. The molecular weight excluding hydrogens is 1120 g/mol. The minimum absolute atomic E-state index is 0.0181. The van der Waals surface area contributed by atoms with Gasteiger partial charge in [0.15, 0.2) is 5.82 Å². The van der Waals surface area contributed by atoms with E-state index < -0.39 is 87.4 Å². The van der Waals surface area contributed by atoms with Crippen molar-refractivity contribution in [2.24, 2.45) is 10.8 Å². The quantitative estimate of drug-likeness (QED) is 0.0352. The van der Waals surface area contributed by atoms with Crippen LogP contribution in [-0.2, 0) is 33.4 Å². The zero-order chi connectivity index (χ0) is 60.5. The number of aliphatic hydroxyl groups is 1. The fraction of sp³-hybridized carbons (Fsp3) is 0.517. The number of ether oxygens (including phenoxy) is 3. The Hall–Kier alpha value is -6.83. The minimum atomic E-state index is -1.07. The summed E-state index contributed by atoms with van der Waals surface area (Å²) in [4.78, 5) is 86.9. The highest BCUT2D eigenvalue weighted by Crippen LogP contribution is 2.43. The Labute approximate surface area is 490 Å². The van der Waals surface area contributed by atoms with Gasteiger partial charge in [-0.3, -0.25) is 19.2 Å². The molecule has 2 aliphatic heterocycles. The smallest absolute Gasteiger partial charge is 0.407 e. The molecule has 21 nitrogen and oxygen atoms in total. The van der Waals surface area contributed by atoms with E-state index in [-0.39, 0.29) is 131 Å². The van der Waals surface area contributed by atoms with Crippen LogP contribution in [0, 0.1) is 29.4 Å². The topological polar surface area (TPSA) is 261 Å². The first-order chi connectivity index (χ1) is 39.2. The molecule has 0 aliphatic carbocycles. The molecule has 0 saturated carbocycles. The maximum atomic E-state index is 16.7. The minimum Gasteiger partial charge on any atom is -0.507 e. The summed E-state index contributed by atoms with van der Waals surface area (Å²) in [6, 6.07) is 9.94. The molecule has 0 bridgehead atoms. The molecule has 0 radical (unpaired) electrons. The number of hydrogen-bond donors (Lipinski definition) is 6. The molecule has 1 unspecified atom stereocenters. The molecule has 450 valence electrons. The highest BCUT2D eigenvalue weighted by atomic mass is 35.5. The van der Waals surface area contributed by atoms with Gasteiger partial charge in [0.25, 0.3) is 0 Å². The number of nitrogens with zero attached hydrogens (tertiary/aromatic N) is 7. The Kier molecular flexibility index (Phi) is 21.3. The molecule has 4 heterocycles. The fourth-order valence-corrected chi connectivity index (χ4v) is 11.2. The van der Waals surface area contributed by atoms with Gasteiger partial charge in [0, 0.05) is 70.1 Å². The molecule has 6 N–H and O–H groups in total. The number of rotatable bonds is 23. The molecule has 2 aromatic heterocycles. The number of carbonyl (C=O) groups is 5. The van der Waals surface area contributed by atoms with Crippen LogP contribution in [0.4, 0.5) is 25.3 Å². The van der Waals surface area contributed by atoms with E-state index in [0.29, 0.717) is 0 Å². The summed E-state index contributed by atoms with van der Waals surface area (Å²) >= 11 is 8.19. The second-order valence-electron chi connectivity index (χ2n) is 22.9. The standard InChI is InChI=1S/C58H75ClF2N10O11S/c1-33(35-13-15-36(16-14-35)50-34(2)63-32-83-50)64-53(76)41-27-37(72)29-71(41)54(77)51(58(6,7)8)65-44(74)31-82-26-25-81-24-23-80-22-21-68(9)45(75)17-18-62-55-66-49-38(28-39(59)46(48(49)61)47-40(60)11-10-12-42(47)73)52(67-55)69-19-20-70(56(78)79)43(30-69)57(3,4)5/h10-16,28,32-33,37,41,43,51,72-73H,17-27,29-31H2,1-9H3,(H,64,76)(H,65,74)(H,78,79)(H,62,66,67)/t33-,37+,41-,43?,51+/m0/s1. The third kappa shape index (κ3) is 15.9. The first-order valence-corrected chi connectivity index (χ1v) is 28.7. The zero-order valence-electron chi connectivity index (χ0n) is 48.3. The number of piperazine rings is 1. The van der Waals surface area contributed by atoms with Crippen molar-refractivity contribution >= 4 is 75.3 Å².